The summed E-state index contributed by atoms with van der Waals surface area (Å²) >= 11 is 0. The van der Waals surface area contributed by atoms with Gasteiger partial charge < -0.3 is 10.2 Å². The first kappa shape index (κ1) is 25.4. The van der Waals surface area contributed by atoms with E-state index in [0.717, 1.165) is 0 Å². The molecule has 190 valence electrons. The van der Waals surface area contributed by atoms with Crippen LogP contribution in [0.2, 0.25) is 0 Å². The number of rotatable bonds is 4. The molecule has 1 aromatic heterocycles. The maximum Gasteiger partial charge on any atom is 0.416 e. The van der Waals surface area contributed by atoms with E-state index < -0.39 is 41.0 Å². The van der Waals surface area contributed by atoms with Crippen molar-refractivity contribution in [1.29, 1.82) is 0 Å². The van der Waals surface area contributed by atoms with Gasteiger partial charge in [-0.3, -0.25) is 4.79 Å². The third-order valence-electron chi connectivity index (χ3n) is 5.84. The van der Waals surface area contributed by atoms with Crippen LogP contribution in [0, 0.1) is 11.7 Å². The van der Waals surface area contributed by atoms with E-state index in [4.69, 9.17) is 0 Å². The van der Waals surface area contributed by atoms with Gasteiger partial charge in [-0.05, 0) is 67.4 Å². The lowest BCUT2D eigenvalue weighted by molar-refractivity contribution is -0.143. The van der Waals surface area contributed by atoms with Gasteiger partial charge in [0.25, 0.3) is 0 Å². The van der Waals surface area contributed by atoms with E-state index in [1.807, 2.05) is 4.90 Å². The quantitative estimate of drug-likeness (QED) is 0.425. The highest BCUT2D eigenvalue weighted by atomic mass is 19.4. The molecule has 0 unspecified atom stereocenters. The third-order valence-corrected chi connectivity index (χ3v) is 5.84. The van der Waals surface area contributed by atoms with Gasteiger partial charge >= 0.3 is 12.4 Å². The summed E-state index contributed by atoms with van der Waals surface area (Å²) in [5, 5.41) is 10.5. The average molecular weight is 512 g/mol. The molecule has 2 aromatic carbocycles. The number of carbonyl (C=O) groups excluding carboxylic acids is 1. The van der Waals surface area contributed by atoms with Crippen LogP contribution in [0.15, 0.2) is 54.6 Å². The van der Waals surface area contributed by atoms with Crippen LogP contribution >= 0.6 is 0 Å². The van der Waals surface area contributed by atoms with E-state index in [1.54, 1.807) is 24.3 Å². The summed E-state index contributed by atoms with van der Waals surface area (Å²) in [7, 11) is 0. The van der Waals surface area contributed by atoms with Gasteiger partial charge in [-0.1, -0.05) is 0 Å². The second-order valence-corrected chi connectivity index (χ2v) is 8.33. The zero-order chi connectivity index (χ0) is 26.1. The molecule has 0 aliphatic carbocycles. The second kappa shape index (κ2) is 9.75. The van der Waals surface area contributed by atoms with Crippen LogP contribution < -0.4 is 10.2 Å². The van der Waals surface area contributed by atoms with Gasteiger partial charge in [-0.15, -0.1) is 10.2 Å². The Morgan fingerprint density at radius 2 is 1.42 bits per heavy atom. The van der Waals surface area contributed by atoms with Crippen LogP contribution in [-0.2, 0) is 17.1 Å². The van der Waals surface area contributed by atoms with E-state index in [-0.39, 0.29) is 11.9 Å². The summed E-state index contributed by atoms with van der Waals surface area (Å²) in [6.07, 6.45) is -9.37. The number of nitrogens with zero attached hydrogens (tertiary/aromatic N) is 3. The van der Waals surface area contributed by atoms with Crippen molar-refractivity contribution in [1.82, 2.24) is 10.2 Å². The fourth-order valence-corrected chi connectivity index (χ4v) is 3.91. The Morgan fingerprint density at radius 1 is 0.833 bits per heavy atom. The number of carbonyl (C=O) groups is 1. The molecule has 3 aromatic rings. The highest BCUT2D eigenvalue weighted by Gasteiger charge is 2.37. The first-order chi connectivity index (χ1) is 16.9. The number of benzene rings is 2. The van der Waals surface area contributed by atoms with E-state index in [9.17, 15) is 35.5 Å². The van der Waals surface area contributed by atoms with Crippen molar-refractivity contribution >= 4 is 17.4 Å². The standard InChI is InChI=1S/C24H19F7N4O/c25-18-3-1-14(2-4-18)20-5-6-21(34-33-20)35-9-7-15(8-10-35)22(36)32-19-12-16(23(26,27)28)11-17(13-19)24(29,30)31/h1-6,11-13,15H,7-10H2,(H,32,36). The number of alkyl halides is 6. The largest absolute Gasteiger partial charge is 0.416 e. The summed E-state index contributed by atoms with van der Waals surface area (Å²) in [4.78, 5) is 14.5. The Bertz CT molecular complexity index is 1180. The Balaban J connectivity index is 1.39. The topological polar surface area (TPSA) is 58.1 Å². The van der Waals surface area contributed by atoms with E-state index in [2.05, 4.69) is 15.5 Å². The molecule has 0 radical (unpaired) electrons. The average Bonchev–Trinajstić information content (AvgIpc) is 2.83. The van der Waals surface area contributed by atoms with Gasteiger partial charge in [-0.2, -0.15) is 26.3 Å². The van der Waals surface area contributed by atoms with Gasteiger partial charge in [0.2, 0.25) is 5.91 Å². The van der Waals surface area contributed by atoms with Crippen molar-refractivity contribution in [3.63, 3.8) is 0 Å². The molecule has 0 saturated carbocycles. The fraction of sp³-hybridized carbons (Fsp3) is 0.292. The predicted octanol–water partition coefficient (Wildman–Crippen LogP) is 6.18. The zero-order valence-electron chi connectivity index (χ0n) is 18.5. The molecular weight excluding hydrogens is 493 g/mol. The molecule has 12 heteroatoms. The summed E-state index contributed by atoms with van der Waals surface area (Å²) in [5.74, 6) is -1.08. The summed E-state index contributed by atoms with van der Waals surface area (Å²) in [5.41, 5.74) is -2.32. The maximum absolute atomic E-state index is 13.1. The lowest BCUT2D eigenvalue weighted by atomic mass is 9.95. The van der Waals surface area contributed by atoms with Crippen LogP contribution in [0.3, 0.4) is 0 Å². The van der Waals surface area contributed by atoms with Crippen molar-refractivity contribution in [3.05, 3.63) is 71.5 Å². The lowest BCUT2D eigenvalue weighted by Gasteiger charge is -2.32. The summed E-state index contributed by atoms with van der Waals surface area (Å²) < 4.78 is 91.4. The van der Waals surface area contributed by atoms with Gasteiger partial charge in [0.15, 0.2) is 5.82 Å². The SMILES string of the molecule is O=C(Nc1cc(C(F)(F)F)cc(C(F)(F)F)c1)C1CCN(c2ccc(-c3ccc(F)cc3)nn2)CC1. The Labute approximate surface area is 200 Å². The molecule has 4 rings (SSSR count). The molecular formula is C24H19F7N4O. The van der Waals surface area contributed by atoms with Crippen LogP contribution in [-0.4, -0.2) is 29.2 Å². The van der Waals surface area contributed by atoms with Crippen molar-refractivity contribution in [2.75, 3.05) is 23.3 Å². The van der Waals surface area contributed by atoms with Crippen LogP contribution in [0.5, 0.6) is 0 Å². The normalized spacial score (nSPS) is 15.1. The highest BCUT2D eigenvalue weighted by molar-refractivity contribution is 5.93. The highest BCUT2D eigenvalue weighted by Crippen LogP contribution is 2.38. The minimum Gasteiger partial charge on any atom is -0.355 e. The molecule has 1 amide bonds. The molecule has 0 atom stereocenters. The van der Waals surface area contributed by atoms with E-state index in [0.29, 0.717) is 55.1 Å². The number of aromatic nitrogens is 2. The van der Waals surface area contributed by atoms with Gasteiger partial charge in [-0.25, -0.2) is 4.39 Å². The maximum atomic E-state index is 13.1. The van der Waals surface area contributed by atoms with Crippen LogP contribution in [0.25, 0.3) is 11.3 Å². The van der Waals surface area contributed by atoms with Crippen molar-refractivity contribution < 1.29 is 35.5 Å². The lowest BCUT2D eigenvalue weighted by Crippen LogP contribution is -2.38. The van der Waals surface area contributed by atoms with Gasteiger partial charge in [0.05, 0.1) is 16.8 Å². The Hall–Kier alpha value is -3.70. The second-order valence-electron chi connectivity index (χ2n) is 8.33. The minimum absolute atomic E-state index is 0.0104. The number of halogens is 7. The molecule has 1 saturated heterocycles. The Kier molecular flexibility index (Phi) is 6.87. The van der Waals surface area contributed by atoms with Crippen LogP contribution in [0.1, 0.15) is 24.0 Å². The summed E-state index contributed by atoms with van der Waals surface area (Å²) in [6.45, 7) is 0.776. The van der Waals surface area contributed by atoms with Gasteiger partial charge in [0.1, 0.15) is 5.82 Å². The van der Waals surface area contributed by atoms with Crippen LogP contribution in [0.4, 0.5) is 42.2 Å². The molecule has 0 bridgehead atoms. The van der Waals surface area contributed by atoms with Crippen molar-refractivity contribution in [3.8, 4) is 11.3 Å². The number of piperidine rings is 1. The number of amides is 1. The predicted molar refractivity (Wildman–Crippen MR) is 117 cm³/mol. The number of nitrogens with one attached hydrogen (secondary N) is 1. The minimum atomic E-state index is -5.00. The smallest absolute Gasteiger partial charge is 0.355 e. The fourth-order valence-electron chi connectivity index (χ4n) is 3.91. The first-order valence-corrected chi connectivity index (χ1v) is 10.8. The molecule has 1 N–H and O–H groups in total. The van der Waals surface area contributed by atoms with E-state index >= 15 is 0 Å². The van der Waals surface area contributed by atoms with Crippen molar-refractivity contribution in [2.45, 2.75) is 25.2 Å². The third kappa shape index (κ3) is 5.92. The Morgan fingerprint density at radius 3 is 1.92 bits per heavy atom. The number of hydrogen-bond donors (Lipinski definition) is 1. The van der Waals surface area contributed by atoms with Gasteiger partial charge in [0, 0.05) is 30.3 Å². The molecule has 36 heavy (non-hydrogen) atoms. The molecule has 1 aliphatic rings. The first-order valence-electron chi connectivity index (χ1n) is 10.8. The number of hydrogen-bond acceptors (Lipinski definition) is 4. The van der Waals surface area contributed by atoms with Crippen molar-refractivity contribution in [2.24, 2.45) is 5.92 Å². The molecule has 5 nitrogen and oxygen atoms in total. The molecule has 1 fully saturated rings. The monoisotopic (exact) mass is 512 g/mol. The zero-order valence-corrected chi connectivity index (χ0v) is 18.5. The number of anilines is 2. The summed E-state index contributed by atoms with van der Waals surface area (Å²) in [6, 6.07) is 10.2. The molecule has 1 aliphatic heterocycles. The molecule has 0 spiro atoms. The molecule has 2 heterocycles. The van der Waals surface area contributed by atoms with E-state index in [1.165, 1.54) is 12.1 Å².